The summed E-state index contributed by atoms with van der Waals surface area (Å²) in [5.74, 6) is 0. The molecule has 17 heavy (non-hydrogen) atoms. The van der Waals surface area contributed by atoms with Crippen molar-refractivity contribution in [2.24, 2.45) is 0 Å². The standard InChI is InChI=1S/C16H22Si/c1-9-6-10(2)15(11(3)7-9)16-12(4)8-14(17)13(16)5/h6-7H,8H2,1-5,17H3. The van der Waals surface area contributed by atoms with Crippen LogP contribution < -0.4 is 0 Å². The molecule has 0 spiro atoms. The zero-order chi connectivity index (χ0) is 12.7. The fraction of sp³-hybridized carbons (Fsp3) is 0.375. The number of hydrogen-bond donors (Lipinski definition) is 0. The molecule has 0 atom stereocenters. The highest BCUT2D eigenvalue weighted by Gasteiger charge is 2.20. The van der Waals surface area contributed by atoms with Crippen molar-refractivity contribution in [2.75, 3.05) is 0 Å². The van der Waals surface area contributed by atoms with Gasteiger partial charge in [-0.3, -0.25) is 0 Å². The molecule has 0 saturated carbocycles. The van der Waals surface area contributed by atoms with Crippen LogP contribution in [0.15, 0.2) is 28.5 Å². The van der Waals surface area contributed by atoms with E-state index in [0.29, 0.717) is 0 Å². The average molecular weight is 242 g/mol. The van der Waals surface area contributed by atoms with E-state index >= 15 is 0 Å². The molecule has 0 fully saturated rings. The van der Waals surface area contributed by atoms with Gasteiger partial charge >= 0.3 is 0 Å². The van der Waals surface area contributed by atoms with Gasteiger partial charge in [-0.25, -0.2) is 0 Å². The molecule has 1 aliphatic rings. The predicted molar refractivity (Wildman–Crippen MR) is 80.5 cm³/mol. The van der Waals surface area contributed by atoms with Gasteiger partial charge in [-0.2, -0.15) is 0 Å². The zero-order valence-electron chi connectivity index (χ0n) is 11.9. The van der Waals surface area contributed by atoms with E-state index in [2.05, 4.69) is 46.8 Å². The predicted octanol–water partition coefficient (Wildman–Crippen LogP) is 3.43. The summed E-state index contributed by atoms with van der Waals surface area (Å²) in [5, 5.41) is 1.66. The second kappa shape index (κ2) is 4.30. The molecule has 2 rings (SSSR count). The van der Waals surface area contributed by atoms with E-state index in [0.717, 1.165) is 0 Å². The first-order valence-corrected chi connectivity index (χ1v) is 7.36. The topological polar surface area (TPSA) is 0 Å². The molecule has 1 heteroatoms. The van der Waals surface area contributed by atoms with Gasteiger partial charge in [-0.15, -0.1) is 0 Å². The number of benzene rings is 1. The Bertz CT molecular complexity index is 522. The van der Waals surface area contributed by atoms with E-state index in [9.17, 15) is 0 Å². The summed E-state index contributed by atoms with van der Waals surface area (Å²) < 4.78 is 0. The lowest BCUT2D eigenvalue weighted by molar-refractivity contribution is 1.22. The molecule has 90 valence electrons. The lowest BCUT2D eigenvalue weighted by Crippen LogP contribution is -1.96. The maximum absolute atomic E-state index is 2.31. The molecule has 0 bridgehead atoms. The minimum atomic E-state index is 1.20. The molecule has 0 unspecified atom stereocenters. The zero-order valence-corrected chi connectivity index (χ0v) is 13.9. The van der Waals surface area contributed by atoms with E-state index in [1.807, 2.05) is 0 Å². The van der Waals surface area contributed by atoms with Gasteiger partial charge in [0.05, 0.1) is 0 Å². The Morgan fingerprint density at radius 1 is 0.941 bits per heavy atom. The van der Waals surface area contributed by atoms with Crippen LogP contribution >= 0.6 is 0 Å². The molecule has 0 nitrogen and oxygen atoms in total. The summed E-state index contributed by atoms with van der Waals surface area (Å²) in [6.07, 6.45) is 1.21. The number of hydrogen-bond acceptors (Lipinski definition) is 0. The van der Waals surface area contributed by atoms with E-state index in [4.69, 9.17) is 0 Å². The minimum absolute atomic E-state index is 1.20. The second-order valence-electron chi connectivity index (χ2n) is 5.51. The van der Waals surface area contributed by atoms with Crippen molar-refractivity contribution in [1.29, 1.82) is 0 Å². The lowest BCUT2D eigenvalue weighted by Gasteiger charge is -2.15. The van der Waals surface area contributed by atoms with Crippen molar-refractivity contribution in [3.63, 3.8) is 0 Å². The van der Waals surface area contributed by atoms with E-state index < -0.39 is 0 Å². The van der Waals surface area contributed by atoms with Gasteiger partial charge in [0.2, 0.25) is 0 Å². The third-order valence-electron chi connectivity index (χ3n) is 3.90. The van der Waals surface area contributed by atoms with Gasteiger partial charge in [0, 0.05) is 10.2 Å². The maximum atomic E-state index is 2.31. The number of aryl methyl sites for hydroxylation is 3. The maximum Gasteiger partial charge on any atom is 0.0341 e. The van der Waals surface area contributed by atoms with Gasteiger partial charge < -0.3 is 0 Å². The molecule has 0 radical (unpaired) electrons. The largest absolute Gasteiger partial charge is 0.0843 e. The first-order valence-electron chi connectivity index (χ1n) is 6.36. The Labute approximate surface area is 108 Å². The van der Waals surface area contributed by atoms with Crippen LogP contribution in [0.3, 0.4) is 0 Å². The number of rotatable bonds is 1. The van der Waals surface area contributed by atoms with Crippen LogP contribution in [0, 0.1) is 20.8 Å². The third kappa shape index (κ3) is 2.04. The highest BCUT2D eigenvalue weighted by atomic mass is 28.1. The SMILES string of the molecule is CC1=C(c2c(C)cc(C)cc2C)C(C)=C([SiH3])C1. The summed E-state index contributed by atoms with van der Waals surface area (Å²) in [6, 6.07) is 4.61. The summed E-state index contributed by atoms with van der Waals surface area (Å²) in [6.45, 7) is 11.3. The summed E-state index contributed by atoms with van der Waals surface area (Å²) >= 11 is 0. The quantitative estimate of drug-likeness (QED) is 0.662. The van der Waals surface area contributed by atoms with Crippen LogP contribution in [0.25, 0.3) is 5.57 Å². The Morgan fingerprint density at radius 3 is 1.88 bits per heavy atom. The van der Waals surface area contributed by atoms with Crippen LogP contribution in [-0.4, -0.2) is 10.2 Å². The molecule has 1 aromatic carbocycles. The molecule has 0 amide bonds. The smallest absolute Gasteiger partial charge is 0.0341 e. The Hall–Kier alpha value is -1.08. The van der Waals surface area contributed by atoms with E-state index in [1.54, 1.807) is 16.3 Å². The molecule has 1 aliphatic carbocycles. The molecular formula is C16H22Si. The molecule has 0 N–H and O–H groups in total. The summed E-state index contributed by atoms with van der Waals surface area (Å²) in [5.41, 5.74) is 10.3. The van der Waals surface area contributed by atoms with Crippen LogP contribution in [0.2, 0.25) is 0 Å². The van der Waals surface area contributed by atoms with Crippen molar-refractivity contribution in [1.82, 2.24) is 0 Å². The van der Waals surface area contributed by atoms with Crippen molar-refractivity contribution in [3.05, 3.63) is 50.7 Å². The molecule has 1 aromatic rings. The average Bonchev–Trinajstić information content (AvgIpc) is 2.43. The Morgan fingerprint density at radius 2 is 1.47 bits per heavy atom. The van der Waals surface area contributed by atoms with Crippen molar-refractivity contribution in [3.8, 4) is 0 Å². The van der Waals surface area contributed by atoms with Crippen LogP contribution in [0.5, 0.6) is 0 Å². The van der Waals surface area contributed by atoms with Gasteiger partial charge in [0.1, 0.15) is 0 Å². The molecular weight excluding hydrogens is 220 g/mol. The van der Waals surface area contributed by atoms with Gasteiger partial charge in [0.25, 0.3) is 0 Å². The Balaban J connectivity index is 2.68. The van der Waals surface area contributed by atoms with Gasteiger partial charge in [0.15, 0.2) is 0 Å². The van der Waals surface area contributed by atoms with Gasteiger partial charge in [-0.1, -0.05) is 28.5 Å². The molecule has 0 aromatic heterocycles. The number of allylic oxidation sites excluding steroid dienone is 4. The lowest BCUT2D eigenvalue weighted by atomic mass is 9.90. The van der Waals surface area contributed by atoms with E-state index in [-0.39, 0.29) is 0 Å². The first-order chi connectivity index (χ1) is 7.91. The van der Waals surface area contributed by atoms with Crippen molar-refractivity contribution < 1.29 is 0 Å². The van der Waals surface area contributed by atoms with Gasteiger partial charge in [-0.05, 0) is 68.9 Å². The van der Waals surface area contributed by atoms with Crippen LogP contribution in [0.4, 0.5) is 0 Å². The van der Waals surface area contributed by atoms with E-state index in [1.165, 1.54) is 44.5 Å². The highest BCUT2D eigenvalue weighted by molar-refractivity contribution is 6.24. The van der Waals surface area contributed by atoms with Crippen molar-refractivity contribution >= 4 is 15.8 Å². The highest BCUT2D eigenvalue weighted by Crippen LogP contribution is 2.39. The van der Waals surface area contributed by atoms with Crippen molar-refractivity contribution in [2.45, 2.75) is 41.0 Å². The summed E-state index contributed by atoms with van der Waals surface area (Å²) in [7, 11) is 1.20. The molecule has 0 saturated heterocycles. The van der Waals surface area contributed by atoms with Crippen LogP contribution in [-0.2, 0) is 0 Å². The summed E-state index contributed by atoms with van der Waals surface area (Å²) in [4.78, 5) is 0. The Kier molecular flexibility index (Phi) is 3.13. The fourth-order valence-electron chi connectivity index (χ4n) is 3.13. The normalized spacial score (nSPS) is 16.3. The first kappa shape index (κ1) is 12.4. The molecule has 0 heterocycles. The minimum Gasteiger partial charge on any atom is -0.0843 e. The van der Waals surface area contributed by atoms with Crippen LogP contribution in [0.1, 0.15) is 42.5 Å². The monoisotopic (exact) mass is 242 g/mol. The second-order valence-corrected chi connectivity index (χ2v) is 6.72. The third-order valence-corrected chi connectivity index (χ3v) is 5.00. The fourth-order valence-corrected chi connectivity index (χ4v) is 3.91. The molecule has 0 aliphatic heterocycles.